The van der Waals surface area contributed by atoms with Gasteiger partial charge in [0.05, 0.1) is 28.4 Å². The van der Waals surface area contributed by atoms with Gasteiger partial charge in [-0.2, -0.15) is 12.5 Å². The third-order valence-electron chi connectivity index (χ3n) is 5.09. The molecule has 3 aromatic carbocycles. The minimum Gasteiger partial charge on any atom is -0.749 e. The summed E-state index contributed by atoms with van der Waals surface area (Å²) in [5, 5.41) is 3.16. The first-order chi connectivity index (χ1) is 20.0. The van der Waals surface area contributed by atoms with Crippen LogP contribution in [0.4, 0.5) is 8.78 Å². The number of fused-ring (bicyclic) bond motifs is 3. The molecule has 1 unspecified atom stereocenters. The molecule has 3 heterocycles. The van der Waals surface area contributed by atoms with Crippen molar-refractivity contribution in [2.75, 3.05) is 0 Å². The molecule has 0 aliphatic carbocycles. The van der Waals surface area contributed by atoms with Gasteiger partial charge < -0.3 is 4.55 Å². The number of hydrogen-bond acceptors (Lipinski definition) is 8. The van der Waals surface area contributed by atoms with Crippen molar-refractivity contribution in [2.24, 2.45) is 0 Å². The zero-order valence-corrected chi connectivity index (χ0v) is 24.8. The molecule has 42 heavy (non-hydrogen) atoms. The van der Waals surface area contributed by atoms with E-state index in [1.54, 1.807) is 24.3 Å². The molecule has 0 fully saturated rings. The molecular formula is C27H17Cl3F2N3O5S2-. The number of rotatable bonds is 2. The first-order valence-corrected chi connectivity index (χ1v) is 15.4. The number of pyridine rings is 3. The molecule has 0 saturated carbocycles. The predicted octanol–water partition coefficient (Wildman–Crippen LogP) is 7.51. The molecule has 0 N–H and O–H groups in total. The molecule has 3 aromatic heterocycles. The predicted molar refractivity (Wildman–Crippen MR) is 159 cm³/mol. The summed E-state index contributed by atoms with van der Waals surface area (Å²) in [5.41, 5.74) is 1.69. The molecule has 6 rings (SSSR count). The second kappa shape index (κ2) is 15.8. The Hall–Kier alpha value is -3.36. The summed E-state index contributed by atoms with van der Waals surface area (Å²) >= 11 is 7.37. The monoisotopic (exact) mass is 670 g/mol. The first kappa shape index (κ1) is 33.1. The lowest BCUT2D eigenvalue weighted by Crippen LogP contribution is -1.95. The van der Waals surface area contributed by atoms with Crippen molar-refractivity contribution < 1.29 is 29.7 Å². The molecular weight excluding hydrogens is 655 g/mol. The fourth-order valence-corrected chi connectivity index (χ4v) is 4.54. The minimum atomic E-state index is -3.90. The van der Waals surface area contributed by atoms with Crippen molar-refractivity contribution in [3.05, 3.63) is 120 Å². The zero-order valence-electron chi connectivity index (χ0n) is 20.9. The highest BCUT2D eigenvalue weighted by atomic mass is 35.7. The minimum absolute atomic E-state index is 0.0486. The smallest absolute Gasteiger partial charge is 0.263 e. The lowest BCUT2D eigenvalue weighted by Gasteiger charge is -2.01. The fraction of sp³-hybridized carbons (Fsp3) is 0. The summed E-state index contributed by atoms with van der Waals surface area (Å²) in [5.74, 6) is -1.17. The quantitative estimate of drug-likeness (QED) is 0.105. The second-order valence-corrected chi connectivity index (χ2v) is 11.7. The Morgan fingerprint density at radius 2 is 1.17 bits per heavy atom. The average molecular weight is 672 g/mol. The molecule has 8 nitrogen and oxygen atoms in total. The third kappa shape index (κ3) is 10.2. The lowest BCUT2D eigenvalue weighted by atomic mass is 10.2. The van der Waals surface area contributed by atoms with Gasteiger partial charge in [-0.1, -0.05) is 60.1 Å². The van der Waals surface area contributed by atoms with Crippen LogP contribution in [0.3, 0.4) is 0 Å². The van der Waals surface area contributed by atoms with Gasteiger partial charge in [-0.3, -0.25) is 0 Å². The third-order valence-corrected chi connectivity index (χ3v) is 7.07. The molecule has 0 bridgehead atoms. The Labute approximate surface area is 256 Å². The SMILES string of the molecule is Clc1ccc2ccccc2n1.Fc1ccc2ccccc2n1.O=S(=O)(Cl)c1cccc2ccc(F)nc12.O=S([O-])OCl. The van der Waals surface area contributed by atoms with E-state index in [0.29, 0.717) is 16.1 Å². The van der Waals surface area contributed by atoms with Crippen LogP contribution in [0, 0.1) is 11.9 Å². The number of hydrogen-bond donors (Lipinski definition) is 0. The Bertz CT molecular complexity index is 1880. The van der Waals surface area contributed by atoms with Gasteiger partial charge in [0.15, 0.2) is 0 Å². The fourth-order valence-electron chi connectivity index (χ4n) is 3.38. The van der Waals surface area contributed by atoms with E-state index in [1.165, 1.54) is 24.3 Å². The maximum Gasteiger partial charge on any atom is 0.263 e. The molecule has 6 aromatic rings. The van der Waals surface area contributed by atoms with Gasteiger partial charge in [0, 0.05) is 26.8 Å². The molecule has 0 saturated heterocycles. The molecule has 0 aliphatic rings. The highest BCUT2D eigenvalue weighted by Crippen LogP contribution is 2.24. The van der Waals surface area contributed by atoms with E-state index >= 15 is 0 Å². The van der Waals surface area contributed by atoms with Gasteiger partial charge in [-0.25, -0.2) is 27.6 Å². The topological polar surface area (TPSA) is 122 Å². The average Bonchev–Trinajstić information content (AvgIpc) is 2.97. The lowest BCUT2D eigenvalue weighted by molar-refractivity contribution is 0.457. The summed E-state index contributed by atoms with van der Waals surface area (Å²) in [7, 11) is 1.30. The van der Waals surface area contributed by atoms with Crippen molar-refractivity contribution >= 4 is 87.3 Å². The summed E-state index contributed by atoms with van der Waals surface area (Å²) in [6.45, 7) is 0. The summed E-state index contributed by atoms with van der Waals surface area (Å²) in [4.78, 5) is 11.2. The van der Waals surface area contributed by atoms with Crippen LogP contribution in [0.15, 0.2) is 108 Å². The van der Waals surface area contributed by atoms with Crippen LogP contribution in [0.2, 0.25) is 5.15 Å². The Morgan fingerprint density at radius 3 is 1.74 bits per heavy atom. The molecule has 0 radical (unpaired) electrons. The number of para-hydroxylation sites is 3. The molecule has 218 valence electrons. The van der Waals surface area contributed by atoms with E-state index in [0.717, 1.165) is 22.4 Å². The van der Waals surface area contributed by atoms with E-state index in [9.17, 15) is 17.2 Å². The van der Waals surface area contributed by atoms with Crippen molar-refractivity contribution in [2.45, 2.75) is 4.90 Å². The van der Waals surface area contributed by atoms with Crippen LogP contribution in [0.5, 0.6) is 0 Å². The van der Waals surface area contributed by atoms with Crippen molar-refractivity contribution in [1.82, 2.24) is 15.0 Å². The summed E-state index contributed by atoms with van der Waals surface area (Å²) < 4.78 is 68.9. The van der Waals surface area contributed by atoms with Crippen LogP contribution >= 0.6 is 34.1 Å². The van der Waals surface area contributed by atoms with Crippen molar-refractivity contribution in [3.63, 3.8) is 0 Å². The molecule has 1 atom stereocenters. The van der Waals surface area contributed by atoms with Gasteiger partial charge >= 0.3 is 0 Å². The van der Waals surface area contributed by atoms with E-state index in [-0.39, 0.29) is 10.4 Å². The Morgan fingerprint density at radius 1 is 0.690 bits per heavy atom. The van der Waals surface area contributed by atoms with Crippen LogP contribution in [0.25, 0.3) is 32.7 Å². The van der Waals surface area contributed by atoms with Crippen LogP contribution < -0.4 is 0 Å². The zero-order chi connectivity index (χ0) is 30.7. The van der Waals surface area contributed by atoms with Crippen molar-refractivity contribution in [1.29, 1.82) is 0 Å². The standard InChI is InChI=1S/C9H5ClFNO2S.C9H6ClN.C9H6FN.ClHO3S/c10-15(13,14)7-3-1-2-6-4-5-8(11)12-9(6)7;2*10-9-6-5-7-3-1-2-4-8(7)11-9;1-4-5(2)3/h1-5H;2*1-6H;(H,2,3)/p-1. The number of benzene rings is 3. The van der Waals surface area contributed by atoms with Gasteiger partial charge in [0.2, 0.25) is 11.9 Å². The van der Waals surface area contributed by atoms with Crippen LogP contribution in [-0.4, -0.2) is 32.1 Å². The molecule has 0 aliphatic heterocycles. The summed E-state index contributed by atoms with van der Waals surface area (Å²) in [6.07, 6.45) is 0. The van der Waals surface area contributed by atoms with Gasteiger partial charge in [-0.05, 0) is 54.6 Å². The normalized spacial score (nSPS) is 11.4. The van der Waals surface area contributed by atoms with Crippen LogP contribution in [0.1, 0.15) is 0 Å². The number of aromatic nitrogens is 3. The molecule has 0 spiro atoms. The van der Waals surface area contributed by atoms with E-state index in [4.69, 9.17) is 31.0 Å². The molecule has 15 heteroatoms. The number of halogens is 5. The maximum atomic E-state index is 12.9. The Balaban J connectivity index is 0.000000162. The highest BCUT2D eigenvalue weighted by Gasteiger charge is 2.15. The first-order valence-electron chi connectivity index (χ1n) is 11.4. The largest absolute Gasteiger partial charge is 0.749 e. The maximum absolute atomic E-state index is 12.9. The van der Waals surface area contributed by atoms with Gasteiger partial charge in [0.1, 0.15) is 21.4 Å². The van der Waals surface area contributed by atoms with E-state index in [1.807, 2.05) is 48.5 Å². The summed E-state index contributed by atoms with van der Waals surface area (Å²) in [6, 6.07) is 29.2. The number of nitrogens with zero attached hydrogens (tertiary/aromatic N) is 3. The molecule has 0 amide bonds. The highest BCUT2D eigenvalue weighted by molar-refractivity contribution is 8.14. The van der Waals surface area contributed by atoms with E-state index in [2.05, 4.69) is 30.6 Å². The van der Waals surface area contributed by atoms with E-state index < -0.39 is 32.3 Å². The van der Waals surface area contributed by atoms with Gasteiger partial charge in [0.25, 0.3) is 9.05 Å². The van der Waals surface area contributed by atoms with Crippen molar-refractivity contribution in [3.8, 4) is 0 Å². The second-order valence-electron chi connectivity index (χ2n) is 7.82. The Kier molecular flexibility index (Phi) is 12.4. The van der Waals surface area contributed by atoms with Crippen LogP contribution in [-0.2, 0) is 24.1 Å². The van der Waals surface area contributed by atoms with Gasteiger partial charge in [-0.15, -0.1) is 0 Å².